The van der Waals surface area contributed by atoms with E-state index < -0.39 is 0 Å². The van der Waals surface area contributed by atoms with Gasteiger partial charge < -0.3 is 10.2 Å². The van der Waals surface area contributed by atoms with Gasteiger partial charge in [0.2, 0.25) is 0 Å². The van der Waals surface area contributed by atoms with Crippen LogP contribution in [0.15, 0.2) is 42.5 Å². The van der Waals surface area contributed by atoms with E-state index in [1.165, 1.54) is 23.3 Å². The summed E-state index contributed by atoms with van der Waals surface area (Å²) in [5.41, 5.74) is 4.66. The summed E-state index contributed by atoms with van der Waals surface area (Å²) in [6.07, 6.45) is 0. The van der Waals surface area contributed by atoms with Crippen LogP contribution in [0.25, 0.3) is 0 Å². The number of hydrogen-bond donors (Lipinski definition) is 1. The quantitative estimate of drug-likeness (QED) is 0.838. The van der Waals surface area contributed by atoms with Crippen LogP contribution < -0.4 is 5.32 Å². The van der Waals surface area contributed by atoms with E-state index in [4.69, 9.17) is 12.2 Å². The molecule has 1 saturated heterocycles. The van der Waals surface area contributed by atoms with Gasteiger partial charge >= 0.3 is 0 Å². The maximum atomic E-state index is 13.0. The van der Waals surface area contributed by atoms with Crippen molar-refractivity contribution in [2.45, 2.75) is 20.4 Å². The van der Waals surface area contributed by atoms with Gasteiger partial charge in [0.05, 0.1) is 0 Å². The van der Waals surface area contributed by atoms with Gasteiger partial charge in [-0.05, 0) is 67.0 Å². The SMILES string of the molecule is Cc1cc(C)cc(NC(=S)N2CCN(Cc3ccc(F)cc3)CC2)c1. The van der Waals surface area contributed by atoms with E-state index in [-0.39, 0.29) is 5.82 Å². The first kappa shape index (κ1) is 17.8. The van der Waals surface area contributed by atoms with Gasteiger partial charge in [-0.15, -0.1) is 0 Å². The number of rotatable bonds is 3. The molecule has 0 atom stereocenters. The van der Waals surface area contributed by atoms with Crippen LogP contribution in [0.3, 0.4) is 0 Å². The molecule has 25 heavy (non-hydrogen) atoms. The Labute approximate surface area is 154 Å². The fourth-order valence-corrected chi connectivity index (χ4v) is 3.51. The van der Waals surface area contributed by atoms with E-state index >= 15 is 0 Å². The number of halogens is 1. The largest absolute Gasteiger partial charge is 0.346 e. The maximum Gasteiger partial charge on any atom is 0.173 e. The van der Waals surface area contributed by atoms with Crippen molar-refractivity contribution in [1.29, 1.82) is 0 Å². The van der Waals surface area contributed by atoms with Gasteiger partial charge in [-0.2, -0.15) is 0 Å². The van der Waals surface area contributed by atoms with Gasteiger partial charge in [-0.1, -0.05) is 18.2 Å². The second-order valence-electron chi connectivity index (χ2n) is 6.70. The van der Waals surface area contributed by atoms with Gasteiger partial charge in [0.15, 0.2) is 5.11 Å². The van der Waals surface area contributed by atoms with Crippen molar-refractivity contribution in [3.8, 4) is 0 Å². The highest BCUT2D eigenvalue weighted by Crippen LogP contribution is 2.15. The van der Waals surface area contributed by atoms with Crippen LogP contribution in [-0.4, -0.2) is 41.1 Å². The molecule has 1 N–H and O–H groups in total. The molecule has 0 radical (unpaired) electrons. The van der Waals surface area contributed by atoms with Crippen LogP contribution in [-0.2, 0) is 6.54 Å². The molecule has 0 aliphatic carbocycles. The zero-order chi connectivity index (χ0) is 17.8. The predicted octanol–water partition coefficient (Wildman–Crippen LogP) is 3.96. The third-order valence-corrected chi connectivity index (χ3v) is 4.81. The molecular weight excluding hydrogens is 333 g/mol. The maximum absolute atomic E-state index is 13.0. The minimum Gasteiger partial charge on any atom is -0.346 e. The molecule has 0 amide bonds. The standard InChI is InChI=1S/C20H24FN3S/c1-15-11-16(2)13-19(12-15)22-20(25)24-9-7-23(8-10-24)14-17-3-5-18(21)6-4-17/h3-6,11-13H,7-10,14H2,1-2H3,(H,22,25). The Bertz CT molecular complexity index is 717. The second-order valence-corrected chi connectivity index (χ2v) is 7.08. The van der Waals surface area contributed by atoms with E-state index in [2.05, 4.69) is 47.2 Å². The van der Waals surface area contributed by atoms with Crippen molar-refractivity contribution in [3.63, 3.8) is 0 Å². The Balaban J connectivity index is 1.51. The summed E-state index contributed by atoms with van der Waals surface area (Å²) in [7, 11) is 0. The summed E-state index contributed by atoms with van der Waals surface area (Å²) < 4.78 is 13.0. The number of anilines is 1. The summed E-state index contributed by atoms with van der Waals surface area (Å²) in [5, 5.41) is 4.14. The highest BCUT2D eigenvalue weighted by molar-refractivity contribution is 7.80. The van der Waals surface area contributed by atoms with E-state index in [0.717, 1.165) is 49.1 Å². The molecule has 5 heteroatoms. The third kappa shape index (κ3) is 5.00. The normalized spacial score (nSPS) is 15.2. The van der Waals surface area contributed by atoms with Crippen molar-refractivity contribution >= 4 is 23.0 Å². The van der Waals surface area contributed by atoms with Crippen molar-refractivity contribution in [3.05, 3.63) is 65.0 Å². The fourth-order valence-electron chi connectivity index (χ4n) is 3.21. The minimum absolute atomic E-state index is 0.184. The van der Waals surface area contributed by atoms with E-state index in [1.54, 1.807) is 0 Å². The fraction of sp³-hybridized carbons (Fsp3) is 0.350. The minimum atomic E-state index is -0.184. The highest BCUT2D eigenvalue weighted by atomic mass is 32.1. The number of nitrogens with zero attached hydrogens (tertiary/aromatic N) is 2. The van der Waals surface area contributed by atoms with Crippen LogP contribution in [0, 0.1) is 19.7 Å². The van der Waals surface area contributed by atoms with Crippen LogP contribution in [0.5, 0.6) is 0 Å². The molecule has 1 aliphatic rings. The molecule has 0 spiro atoms. The summed E-state index contributed by atoms with van der Waals surface area (Å²) in [6, 6.07) is 13.1. The first-order valence-corrected chi connectivity index (χ1v) is 9.01. The van der Waals surface area contributed by atoms with Crippen molar-refractivity contribution in [2.75, 3.05) is 31.5 Å². The van der Waals surface area contributed by atoms with Crippen LogP contribution in [0.4, 0.5) is 10.1 Å². The molecule has 132 valence electrons. The predicted molar refractivity (Wildman–Crippen MR) is 105 cm³/mol. The highest BCUT2D eigenvalue weighted by Gasteiger charge is 2.19. The summed E-state index contributed by atoms with van der Waals surface area (Å²) in [4.78, 5) is 4.59. The van der Waals surface area contributed by atoms with Gasteiger partial charge in [0.25, 0.3) is 0 Å². The Morgan fingerprint density at radius 1 is 1.00 bits per heavy atom. The van der Waals surface area contributed by atoms with Gasteiger partial charge in [-0.3, -0.25) is 4.90 Å². The molecule has 0 bridgehead atoms. The molecular formula is C20H24FN3S. The van der Waals surface area contributed by atoms with Crippen LogP contribution >= 0.6 is 12.2 Å². The molecule has 2 aromatic carbocycles. The molecule has 2 aromatic rings. The monoisotopic (exact) mass is 357 g/mol. The molecule has 0 aromatic heterocycles. The molecule has 1 aliphatic heterocycles. The first-order valence-electron chi connectivity index (χ1n) is 8.60. The smallest absolute Gasteiger partial charge is 0.173 e. The van der Waals surface area contributed by atoms with Crippen molar-refractivity contribution < 1.29 is 4.39 Å². The summed E-state index contributed by atoms with van der Waals surface area (Å²) >= 11 is 5.58. The number of hydrogen-bond acceptors (Lipinski definition) is 2. The van der Waals surface area contributed by atoms with Gasteiger partial charge in [0, 0.05) is 38.4 Å². The van der Waals surface area contributed by atoms with E-state index in [9.17, 15) is 4.39 Å². The topological polar surface area (TPSA) is 18.5 Å². The molecule has 0 unspecified atom stereocenters. The zero-order valence-corrected chi connectivity index (χ0v) is 15.6. The molecule has 1 fully saturated rings. The van der Waals surface area contributed by atoms with Crippen LogP contribution in [0.2, 0.25) is 0 Å². The second kappa shape index (κ2) is 7.93. The third-order valence-electron chi connectivity index (χ3n) is 4.45. The Kier molecular flexibility index (Phi) is 5.66. The lowest BCUT2D eigenvalue weighted by Crippen LogP contribution is -2.49. The zero-order valence-electron chi connectivity index (χ0n) is 14.8. The lowest BCUT2D eigenvalue weighted by molar-refractivity contribution is 0.177. The number of thiocarbonyl (C=S) groups is 1. The van der Waals surface area contributed by atoms with Gasteiger partial charge in [0.1, 0.15) is 5.82 Å². The molecule has 3 nitrogen and oxygen atoms in total. The molecule has 3 rings (SSSR count). The Hall–Kier alpha value is -1.98. The summed E-state index contributed by atoms with van der Waals surface area (Å²) in [5.74, 6) is -0.184. The number of benzene rings is 2. The summed E-state index contributed by atoms with van der Waals surface area (Å²) in [6.45, 7) is 8.74. The van der Waals surface area contributed by atoms with Crippen molar-refractivity contribution in [2.24, 2.45) is 0 Å². The molecule has 1 heterocycles. The first-order chi connectivity index (χ1) is 12.0. The average molecular weight is 357 g/mol. The average Bonchev–Trinajstić information content (AvgIpc) is 2.56. The lowest BCUT2D eigenvalue weighted by Gasteiger charge is -2.36. The number of piperazine rings is 1. The van der Waals surface area contributed by atoms with Crippen molar-refractivity contribution in [1.82, 2.24) is 9.80 Å². The Morgan fingerprint density at radius 3 is 2.20 bits per heavy atom. The molecule has 0 saturated carbocycles. The van der Waals surface area contributed by atoms with E-state index in [1.807, 2.05) is 12.1 Å². The number of nitrogens with one attached hydrogen (secondary N) is 1. The Morgan fingerprint density at radius 2 is 1.60 bits per heavy atom. The van der Waals surface area contributed by atoms with E-state index in [0.29, 0.717) is 0 Å². The van der Waals surface area contributed by atoms with Gasteiger partial charge in [-0.25, -0.2) is 4.39 Å². The number of aryl methyl sites for hydroxylation is 2. The lowest BCUT2D eigenvalue weighted by atomic mass is 10.1. The van der Waals surface area contributed by atoms with Crippen LogP contribution in [0.1, 0.15) is 16.7 Å².